The van der Waals surface area contributed by atoms with Crippen LogP contribution >= 0.6 is 12.2 Å². The molecule has 0 saturated heterocycles. The molecule has 7 heteroatoms. The Hall–Kier alpha value is -3.19. The number of nitrogens with two attached hydrogens (primary N) is 1. The van der Waals surface area contributed by atoms with Crippen molar-refractivity contribution < 1.29 is 0 Å². The maximum Gasteiger partial charge on any atom is 0.252 e. The zero-order chi connectivity index (χ0) is 18.3. The third kappa shape index (κ3) is 2.62. The van der Waals surface area contributed by atoms with E-state index < -0.39 is 0 Å². The fourth-order valence-electron chi connectivity index (χ4n) is 3.23. The van der Waals surface area contributed by atoms with Crippen LogP contribution in [0.2, 0.25) is 0 Å². The van der Waals surface area contributed by atoms with Gasteiger partial charge in [-0.3, -0.25) is 9.89 Å². The van der Waals surface area contributed by atoms with Crippen LogP contribution in [-0.2, 0) is 6.54 Å². The van der Waals surface area contributed by atoms with Crippen molar-refractivity contribution in [3.8, 4) is 11.1 Å². The lowest BCUT2D eigenvalue weighted by Crippen LogP contribution is -2.24. The van der Waals surface area contributed by atoms with Crippen LogP contribution in [0.4, 0.5) is 0 Å². The molecule has 0 aliphatic carbocycles. The number of nitrogen functional groups attached to an aromatic ring is 1. The molecule has 0 fully saturated rings. The van der Waals surface area contributed by atoms with Crippen molar-refractivity contribution in [2.75, 3.05) is 5.84 Å². The highest BCUT2D eigenvalue weighted by molar-refractivity contribution is 7.71. The largest absolute Gasteiger partial charge is 0.335 e. The standard InChI is InChI=1S/C19H17N5OS/c1-12-6-5-9-14-15(13-7-3-2-4-8-13)10-17(25)23(18(12)14)11-16-21-22-19(26)24(16)20/h2-10H,11,20H2,1H3,(H,22,26). The molecular weight excluding hydrogens is 346 g/mol. The van der Waals surface area contributed by atoms with Crippen molar-refractivity contribution >= 4 is 23.1 Å². The minimum Gasteiger partial charge on any atom is -0.335 e. The summed E-state index contributed by atoms with van der Waals surface area (Å²) in [6, 6.07) is 17.6. The molecule has 0 amide bonds. The molecule has 0 radical (unpaired) electrons. The third-order valence-electron chi connectivity index (χ3n) is 4.49. The van der Waals surface area contributed by atoms with Gasteiger partial charge >= 0.3 is 0 Å². The first kappa shape index (κ1) is 16.3. The lowest BCUT2D eigenvalue weighted by atomic mass is 9.99. The summed E-state index contributed by atoms with van der Waals surface area (Å²) in [5.74, 6) is 6.40. The molecule has 0 atom stereocenters. The first-order valence-corrected chi connectivity index (χ1v) is 8.57. The second kappa shape index (κ2) is 6.27. The summed E-state index contributed by atoms with van der Waals surface area (Å²) >= 11 is 5.06. The molecule has 4 aromatic rings. The topological polar surface area (TPSA) is 81.6 Å². The van der Waals surface area contributed by atoms with Gasteiger partial charge in [-0.1, -0.05) is 48.5 Å². The monoisotopic (exact) mass is 363 g/mol. The Morgan fingerprint density at radius 2 is 1.92 bits per heavy atom. The van der Waals surface area contributed by atoms with Crippen LogP contribution in [0.5, 0.6) is 0 Å². The predicted octanol–water partition coefficient (Wildman–Crippen LogP) is 2.99. The van der Waals surface area contributed by atoms with Gasteiger partial charge in [-0.15, -0.1) is 0 Å². The Bertz CT molecular complexity index is 1220. The van der Waals surface area contributed by atoms with E-state index in [0.717, 1.165) is 27.6 Å². The van der Waals surface area contributed by atoms with Gasteiger partial charge < -0.3 is 10.4 Å². The number of nitrogens with zero attached hydrogens (tertiary/aromatic N) is 3. The predicted molar refractivity (Wildman–Crippen MR) is 105 cm³/mol. The number of benzene rings is 2. The summed E-state index contributed by atoms with van der Waals surface area (Å²) in [6.07, 6.45) is 0. The SMILES string of the molecule is Cc1cccc2c(-c3ccccc3)cc(=O)n(Cc3n[nH]c(=S)n3N)c12. The highest BCUT2D eigenvalue weighted by Gasteiger charge is 2.14. The molecule has 0 spiro atoms. The fraction of sp³-hybridized carbons (Fsp3) is 0.105. The number of para-hydroxylation sites is 1. The minimum atomic E-state index is -0.112. The van der Waals surface area contributed by atoms with E-state index >= 15 is 0 Å². The number of H-pyrrole nitrogens is 1. The molecule has 0 aliphatic rings. The van der Waals surface area contributed by atoms with Gasteiger partial charge in [0.15, 0.2) is 5.82 Å². The first-order valence-electron chi connectivity index (χ1n) is 8.16. The normalized spacial score (nSPS) is 11.1. The van der Waals surface area contributed by atoms with Gasteiger partial charge in [0.1, 0.15) is 0 Å². The van der Waals surface area contributed by atoms with E-state index in [4.69, 9.17) is 18.1 Å². The van der Waals surface area contributed by atoms with Gasteiger partial charge in [0.2, 0.25) is 4.77 Å². The third-order valence-corrected chi connectivity index (χ3v) is 4.78. The lowest BCUT2D eigenvalue weighted by Gasteiger charge is -2.15. The molecule has 3 N–H and O–H groups in total. The molecule has 0 aliphatic heterocycles. The Morgan fingerprint density at radius 3 is 2.62 bits per heavy atom. The highest BCUT2D eigenvalue weighted by atomic mass is 32.1. The van der Waals surface area contributed by atoms with Crippen LogP contribution in [0.3, 0.4) is 0 Å². The van der Waals surface area contributed by atoms with E-state index in [2.05, 4.69) is 10.2 Å². The second-order valence-electron chi connectivity index (χ2n) is 6.13. The van der Waals surface area contributed by atoms with Crippen molar-refractivity contribution in [3.05, 3.63) is 81.1 Å². The van der Waals surface area contributed by atoms with Crippen molar-refractivity contribution in [2.24, 2.45) is 0 Å². The van der Waals surface area contributed by atoms with E-state index in [1.165, 1.54) is 4.68 Å². The van der Waals surface area contributed by atoms with E-state index in [1.54, 1.807) is 10.6 Å². The van der Waals surface area contributed by atoms with E-state index in [-0.39, 0.29) is 12.1 Å². The number of nitrogens with one attached hydrogen (secondary N) is 1. The van der Waals surface area contributed by atoms with Crippen molar-refractivity contribution in [1.29, 1.82) is 0 Å². The smallest absolute Gasteiger partial charge is 0.252 e. The molecule has 26 heavy (non-hydrogen) atoms. The molecule has 2 aromatic heterocycles. The van der Waals surface area contributed by atoms with Crippen LogP contribution in [0, 0.1) is 11.7 Å². The molecule has 4 rings (SSSR count). The molecule has 130 valence electrons. The number of aromatic nitrogens is 4. The van der Waals surface area contributed by atoms with Gasteiger partial charge in [-0.05, 0) is 35.8 Å². The number of aryl methyl sites for hydroxylation is 1. The van der Waals surface area contributed by atoms with E-state index in [1.807, 2.05) is 55.5 Å². The van der Waals surface area contributed by atoms with Crippen LogP contribution in [-0.4, -0.2) is 19.4 Å². The molecule has 0 saturated carbocycles. The molecule has 0 bridgehead atoms. The zero-order valence-electron chi connectivity index (χ0n) is 14.1. The molecule has 2 aromatic carbocycles. The minimum absolute atomic E-state index is 0.112. The van der Waals surface area contributed by atoms with Crippen molar-refractivity contribution in [2.45, 2.75) is 13.5 Å². The Kier molecular flexibility index (Phi) is 3.93. The Balaban J connectivity index is 2.01. The number of aromatic amines is 1. The number of rotatable bonds is 3. The molecule has 0 unspecified atom stereocenters. The highest BCUT2D eigenvalue weighted by Crippen LogP contribution is 2.29. The summed E-state index contributed by atoms with van der Waals surface area (Å²) in [6.45, 7) is 2.23. The summed E-state index contributed by atoms with van der Waals surface area (Å²) in [5.41, 5.74) is 3.69. The molecule has 2 heterocycles. The van der Waals surface area contributed by atoms with Crippen LogP contribution in [0.15, 0.2) is 59.4 Å². The van der Waals surface area contributed by atoms with Gasteiger partial charge in [-0.25, -0.2) is 4.68 Å². The van der Waals surface area contributed by atoms with Crippen LogP contribution in [0.1, 0.15) is 11.4 Å². The molecular formula is C19H17N5OS. The summed E-state index contributed by atoms with van der Waals surface area (Å²) < 4.78 is 3.29. The number of fused-ring (bicyclic) bond motifs is 1. The van der Waals surface area contributed by atoms with Crippen molar-refractivity contribution in [3.63, 3.8) is 0 Å². The van der Waals surface area contributed by atoms with Gasteiger partial charge in [0.25, 0.3) is 5.56 Å². The Labute approximate surface area is 154 Å². The fourth-order valence-corrected chi connectivity index (χ4v) is 3.38. The number of hydrogen-bond acceptors (Lipinski definition) is 4. The molecule has 6 nitrogen and oxygen atoms in total. The Morgan fingerprint density at radius 1 is 1.15 bits per heavy atom. The second-order valence-corrected chi connectivity index (χ2v) is 6.52. The summed E-state index contributed by atoms with van der Waals surface area (Å²) in [5, 5.41) is 7.79. The maximum absolute atomic E-state index is 13.0. The van der Waals surface area contributed by atoms with Gasteiger partial charge in [0.05, 0.1) is 12.1 Å². The first-order chi connectivity index (χ1) is 12.6. The number of hydrogen-bond donors (Lipinski definition) is 2. The van der Waals surface area contributed by atoms with Crippen LogP contribution < -0.4 is 11.4 Å². The van der Waals surface area contributed by atoms with E-state index in [0.29, 0.717) is 10.6 Å². The van der Waals surface area contributed by atoms with E-state index in [9.17, 15) is 4.79 Å². The summed E-state index contributed by atoms with van der Waals surface area (Å²) in [7, 11) is 0. The zero-order valence-corrected chi connectivity index (χ0v) is 15.0. The number of pyridine rings is 1. The maximum atomic E-state index is 13.0. The summed E-state index contributed by atoms with van der Waals surface area (Å²) in [4.78, 5) is 13.0. The van der Waals surface area contributed by atoms with Gasteiger partial charge in [0, 0.05) is 11.5 Å². The quantitative estimate of drug-likeness (QED) is 0.433. The van der Waals surface area contributed by atoms with Gasteiger partial charge in [-0.2, -0.15) is 5.10 Å². The lowest BCUT2D eigenvalue weighted by molar-refractivity contribution is 0.711. The average molecular weight is 363 g/mol. The van der Waals surface area contributed by atoms with Crippen molar-refractivity contribution in [1.82, 2.24) is 19.4 Å². The average Bonchev–Trinajstić information content (AvgIpc) is 2.96. The van der Waals surface area contributed by atoms with Crippen LogP contribution in [0.25, 0.3) is 22.0 Å².